The van der Waals surface area contributed by atoms with Crippen molar-refractivity contribution >= 4 is 33.1 Å². The Morgan fingerprint density at radius 3 is 2.40 bits per heavy atom. The first-order valence-electron chi connectivity index (χ1n) is 6.14. The molecule has 0 aliphatic heterocycles. The quantitative estimate of drug-likeness (QED) is 0.664. The van der Waals surface area contributed by atoms with Gasteiger partial charge < -0.3 is 16.2 Å². The third kappa shape index (κ3) is 3.11. The summed E-state index contributed by atoms with van der Waals surface area (Å²) in [6.45, 7) is 2.36. The van der Waals surface area contributed by atoms with E-state index in [0.29, 0.717) is 34.9 Å². The molecule has 4 N–H and O–H groups in total. The zero-order valence-electron chi connectivity index (χ0n) is 11.0. The van der Waals surface area contributed by atoms with Crippen molar-refractivity contribution in [3.05, 3.63) is 52.0 Å². The first-order valence-corrected chi connectivity index (χ1v) is 6.93. The monoisotopic (exact) mass is 334 g/mol. The zero-order valence-corrected chi connectivity index (χ0v) is 12.6. The summed E-state index contributed by atoms with van der Waals surface area (Å²) < 4.78 is 6.30. The molecule has 0 saturated heterocycles. The van der Waals surface area contributed by atoms with Gasteiger partial charge in [-0.1, -0.05) is 15.9 Å². The van der Waals surface area contributed by atoms with E-state index < -0.39 is 0 Å². The van der Waals surface area contributed by atoms with Gasteiger partial charge in [-0.3, -0.25) is 4.79 Å². The predicted octanol–water partition coefficient (Wildman–Crippen LogP) is 3.24. The average molecular weight is 335 g/mol. The molecule has 104 valence electrons. The van der Waals surface area contributed by atoms with Crippen molar-refractivity contribution < 1.29 is 9.53 Å². The van der Waals surface area contributed by atoms with E-state index in [9.17, 15) is 4.79 Å². The molecule has 0 atom stereocenters. The summed E-state index contributed by atoms with van der Waals surface area (Å²) >= 11 is 3.36. The number of ketones is 1. The predicted molar refractivity (Wildman–Crippen MR) is 84.0 cm³/mol. The molecule has 0 aliphatic rings. The van der Waals surface area contributed by atoms with Gasteiger partial charge in [-0.05, 0) is 43.3 Å². The topological polar surface area (TPSA) is 78.3 Å². The van der Waals surface area contributed by atoms with E-state index in [1.165, 1.54) is 0 Å². The maximum Gasteiger partial charge on any atom is 0.196 e. The molecule has 20 heavy (non-hydrogen) atoms. The highest BCUT2D eigenvalue weighted by atomic mass is 79.9. The zero-order chi connectivity index (χ0) is 14.7. The molecular formula is C15H15BrN2O2. The van der Waals surface area contributed by atoms with Crippen molar-refractivity contribution in [1.29, 1.82) is 0 Å². The SMILES string of the molecule is CCOc1ccc(Br)cc1C(=O)c1cc(N)cc(N)c1. The number of benzene rings is 2. The summed E-state index contributed by atoms with van der Waals surface area (Å²) in [5, 5.41) is 0. The first-order chi connectivity index (χ1) is 9.51. The molecule has 0 bridgehead atoms. The van der Waals surface area contributed by atoms with Gasteiger partial charge in [-0.2, -0.15) is 0 Å². The number of carbonyl (C=O) groups excluding carboxylic acids is 1. The number of nitrogens with two attached hydrogens (primary N) is 2. The van der Waals surface area contributed by atoms with Crippen LogP contribution in [0.25, 0.3) is 0 Å². The molecule has 0 saturated carbocycles. The van der Waals surface area contributed by atoms with E-state index in [2.05, 4.69) is 15.9 Å². The molecule has 5 heteroatoms. The first kappa shape index (κ1) is 14.4. The van der Waals surface area contributed by atoms with Crippen molar-refractivity contribution in [2.45, 2.75) is 6.92 Å². The Kier molecular flexibility index (Phi) is 4.29. The molecule has 2 aromatic rings. The van der Waals surface area contributed by atoms with Crippen LogP contribution in [-0.2, 0) is 0 Å². The Bertz CT molecular complexity index is 636. The average Bonchev–Trinajstić information content (AvgIpc) is 2.39. The molecule has 2 rings (SSSR count). The highest BCUT2D eigenvalue weighted by molar-refractivity contribution is 9.10. The highest BCUT2D eigenvalue weighted by Crippen LogP contribution is 2.27. The summed E-state index contributed by atoms with van der Waals surface area (Å²) in [7, 11) is 0. The normalized spacial score (nSPS) is 10.3. The second-order valence-corrected chi connectivity index (χ2v) is 5.21. The van der Waals surface area contributed by atoms with E-state index in [4.69, 9.17) is 16.2 Å². The summed E-state index contributed by atoms with van der Waals surface area (Å²) in [5.41, 5.74) is 13.3. The van der Waals surface area contributed by atoms with E-state index in [1.807, 2.05) is 13.0 Å². The number of nitrogen functional groups attached to an aromatic ring is 2. The van der Waals surface area contributed by atoms with Gasteiger partial charge in [-0.25, -0.2) is 0 Å². The lowest BCUT2D eigenvalue weighted by Gasteiger charge is -2.10. The van der Waals surface area contributed by atoms with E-state index in [-0.39, 0.29) is 5.78 Å². The Hall–Kier alpha value is -2.01. The summed E-state index contributed by atoms with van der Waals surface area (Å²) in [6, 6.07) is 10.1. The fourth-order valence-electron chi connectivity index (χ4n) is 1.92. The Morgan fingerprint density at radius 1 is 1.15 bits per heavy atom. The second kappa shape index (κ2) is 5.96. The lowest BCUT2D eigenvalue weighted by molar-refractivity contribution is 0.103. The molecule has 0 fully saturated rings. The van der Waals surface area contributed by atoms with Crippen molar-refractivity contribution in [1.82, 2.24) is 0 Å². The van der Waals surface area contributed by atoms with Crippen molar-refractivity contribution in [2.75, 3.05) is 18.1 Å². The number of carbonyl (C=O) groups is 1. The summed E-state index contributed by atoms with van der Waals surface area (Å²) in [5.74, 6) is 0.371. The number of hydrogen-bond acceptors (Lipinski definition) is 4. The van der Waals surface area contributed by atoms with Gasteiger partial charge in [0, 0.05) is 21.4 Å². The largest absolute Gasteiger partial charge is 0.493 e. The van der Waals surface area contributed by atoms with Crippen LogP contribution in [0.5, 0.6) is 5.75 Å². The van der Waals surface area contributed by atoms with E-state index in [0.717, 1.165) is 4.47 Å². The van der Waals surface area contributed by atoms with Crippen LogP contribution in [0.15, 0.2) is 40.9 Å². The smallest absolute Gasteiger partial charge is 0.196 e. The minimum Gasteiger partial charge on any atom is -0.493 e. The molecule has 2 aromatic carbocycles. The maximum atomic E-state index is 12.6. The number of halogens is 1. The van der Waals surface area contributed by atoms with Gasteiger partial charge in [0.25, 0.3) is 0 Å². The number of rotatable bonds is 4. The summed E-state index contributed by atoms with van der Waals surface area (Å²) in [6.07, 6.45) is 0. The van der Waals surface area contributed by atoms with Crippen molar-refractivity contribution in [2.24, 2.45) is 0 Å². The van der Waals surface area contributed by atoms with Crippen LogP contribution < -0.4 is 16.2 Å². The molecule has 0 aliphatic carbocycles. The van der Waals surface area contributed by atoms with Crippen LogP contribution in [0.2, 0.25) is 0 Å². The van der Waals surface area contributed by atoms with Crippen molar-refractivity contribution in [3.8, 4) is 5.75 Å². The van der Waals surface area contributed by atoms with Gasteiger partial charge in [0.15, 0.2) is 5.78 Å². The van der Waals surface area contributed by atoms with Gasteiger partial charge in [0.1, 0.15) is 5.75 Å². The Balaban J connectivity index is 2.49. The number of anilines is 2. The molecule has 0 radical (unpaired) electrons. The van der Waals surface area contributed by atoms with Crippen LogP contribution in [0.3, 0.4) is 0 Å². The third-order valence-electron chi connectivity index (χ3n) is 2.73. The fraction of sp³-hybridized carbons (Fsp3) is 0.133. The lowest BCUT2D eigenvalue weighted by atomic mass is 10.0. The minimum atomic E-state index is -0.172. The van der Waals surface area contributed by atoms with E-state index in [1.54, 1.807) is 30.3 Å². The molecule has 0 amide bonds. The van der Waals surface area contributed by atoms with Gasteiger partial charge in [0.2, 0.25) is 0 Å². The number of ether oxygens (including phenoxy) is 1. The molecular weight excluding hydrogens is 320 g/mol. The lowest BCUT2D eigenvalue weighted by Crippen LogP contribution is -2.07. The van der Waals surface area contributed by atoms with Gasteiger partial charge in [0.05, 0.1) is 12.2 Å². The third-order valence-corrected chi connectivity index (χ3v) is 3.22. The van der Waals surface area contributed by atoms with Gasteiger partial charge in [-0.15, -0.1) is 0 Å². The summed E-state index contributed by atoms with van der Waals surface area (Å²) in [4.78, 5) is 12.6. The second-order valence-electron chi connectivity index (χ2n) is 4.29. The number of hydrogen-bond donors (Lipinski definition) is 2. The van der Waals surface area contributed by atoms with Crippen LogP contribution in [-0.4, -0.2) is 12.4 Å². The molecule has 0 aromatic heterocycles. The Morgan fingerprint density at radius 2 is 1.80 bits per heavy atom. The van der Waals surface area contributed by atoms with Crippen LogP contribution in [0.1, 0.15) is 22.8 Å². The van der Waals surface area contributed by atoms with Crippen LogP contribution in [0, 0.1) is 0 Å². The Labute approximate surface area is 125 Å². The molecule has 0 spiro atoms. The highest BCUT2D eigenvalue weighted by Gasteiger charge is 2.16. The van der Waals surface area contributed by atoms with Gasteiger partial charge >= 0.3 is 0 Å². The fourth-order valence-corrected chi connectivity index (χ4v) is 2.29. The maximum absolute atomic E-state index is 12.6. The van der Waals surface area contributed by atoms with Crippen LogP contribution in [0.4, 0.5) is 11.4 Å². The standard InChI is InChI=1S/C15H15BrN2O2/c1-2-20-14-4-3-10(16)7-13(14)15(19)9-5-11(17)8-12(18)6-9/h3-8H,2,17-18H2,1H3. The van der Waals surface area contributed by atoms with Crippen LogP contribution >= 0.6 is 15.9 Å². The molecule has 0 unspecified atom stereocenters. The molecule has 0 heterocycles. The molecule has 4 nitrogen and oxygen atoms in total. The van der Waals surface area contributed by atoms with E-state index >= 15 is 0 Å². The minimum absolute atomic E-state index is 0.172. The van der Waals surface area contributed by atoms with Crippen molar-refractivity contribution in [3.63, 3.8) is 0 Å².